The summed E-state index contributed by atoms with van der Waals surface area (Å²) >= 11 is 0. The van der Waals surface area contributed by atoms with E-state index in [-0.39, 0.29) is 35.6 Å². The Labute approximate surface area is 201 Å². The first-order valence-electron chi connectivity index (χ1n) is 11.9. The second-order valence-corrected chi connectivity index (χ2v) is 9.22. The fraction of sp³-hybridized carbons (Fsp3) is 0.444. The van der Waals surface area contributed by atoms with E-state index in [0.717, 1.165) is 0 Å². The summed E-state index contributed by atoms with van der Waals surface area (Å²) in [4.78, 5) is 40.9. The molecule has 7 nitrogen and oxygen atoms in total. The van der Waals surface area contributed by atoms with Gasteiger partial charge in [-0.25, -0.2) is 0 Å². The van der Waals surface area contributed by atoms with E-state index in [1.54, 1.807) is 60.5 Å². The number of nitrogens with zero attached hydrogens (tertiary/aromatic N) is 1. The zero-order valence-electron chi connectivity index (χ0n) is 20.4. The van der Waals surface area contributed by atoms with Gasteiger partial charge in [0.25, 0.3) is 11.8 Å². The smallest absolute Gasteiger partial charge is 0.253 e. The van der Waals surface area contributed by atoms with E-state index < -0.39 is 6.04 Å². The highest BCUT2D eigenvalue weighted by Crippen LogP contribution is 2.24. The van der Waals surface area contributed by atoms with Crippen molar-refractivity contribution >= 4 is 17.7 Å². The number of piperidine rings is 1. The van der Waals surface area contributed by atoms with E-state index in [0.29, 0.717) is 42.8 Å². The molecule has 0 unspecified atom stereocenters. The molecule has 2 aromatic carbocycles. The lowest BCUT2D eigenvalue weighted by molar-refractivity contribution is -0.125. The van der Waals surface area contributed by atoms with E-state index in [2.05, 4.69) is 10.6 Å². The van der Waals surface area contributed by atoms with E-state index in [1.165, 1.54) is 0 Å². The molecule has 2 atom stereocenters. The quantitative estimate of drug-likeness (QED) is 0.625. The predicted octanol–water partition coefficient (Wildman–Crippen LogP) is 3.51. The average molecular weight is 466 g/mol. The van der Waals surface area contributed by atoms with Crippen LogP contribution in [0.2, 0.25) is 0 Å². The molecule has 1 saturated heterocycles. The molecule has 3 amide bonds. The normalized spacial score (nSPS) is 16.0. The second kappa shape index (κ2) is 11.7. The highest BCUT2D eigenvalue weighted by atomic mass is 16.5. The fourth-order valence-electron chi connectivity index (χ4n) is 4.07. The van der Waals surface area contributed by atoms with Crippen molar-refractivity contribution in [2.24, 2.45) is 11.8 Å². The molecule has 1 aliphatic heterocycles. The van der Waals surface area contributed by atoms with Gasteiger partial charge in [-0.1, -0.05) is 38.1 Å². The average Bonchev–Trinajstić information content (AvgIpc) is 2.87. The van der Waals surface area contributed by atoms with Gasteiger partial charge in [-0.15, -0.1) is 0 Å². The molecule has 0 bridgehead atoms. The number of nitrogens with one attached hydrogen (secondary N) is 2. The highest BCUT2D eigenvalue weighted by Gasteiger charge is 2.35. The summed E-state index contributed by atoms with van der Waals surface area (Å²) in [5, 5.41) is 6.02. The number of benzene rings is 2. The number of hydrogen-bond acceptors (Lipinski definition) is 4. The molecule has 34 heavy (non-hydrogen) atoms. The lowest BCUT2D eigenvalue weighted by Gasteiger charge is -2.36. The van der Waals surface area contributed by atoms with E-state index >= 15 is 0 Å². The Morgan fingerprint density at radius 2 is 1.56 bits per heavy atom. The number of amides is 3. The van der Waals surface area contributed by atoms with Gasteiger partial charge >= 0.3 is 0 Å². The van der Waals surface area contributed by atoms with Gasteiger partial charge in [0.2, 0.25) is 5.91 Å². The van der Waals surface area contributed by atoms with Crippen LogP contribution in [0.4, 0.5) is 0 Å². The topological polar surface area (TPSA) is 87.7 Å². The van der Waals surface area contributed by atoms with E-state index in [1.807, 2.05) is 26.8 Å². The Morgan fingerprint density at radius 3 is 2.18 bits per heavy atom. The molecule has 0 saturated carbocycles. The number of ether oxygens (including phenoxy) is 1. The van der Waals surface area contributed by atoms with Crippen LogP contribution in [0, 0.1) is 11.8 Å². The molecule has 7 heteroatoms. The van der Waals surface area contributed by atoms with Gasteiger partial charge in [-0.3, -0.25) is 14.4 Å². The molecule has 0 aliphatic carbocycles. The summed E-state index contributed by atoms with van der Waals surface area (Å²) in [5.74, 6) is 0.342. The third-order valence-electron chi connectivity index (χ3n) is 6.59. The van der Waals surface area contributed by atoms with Crippen molar-refractivity contribution in [3.05, 3.63) is 65.7 Å². The Hall–Kier alpha value is -3.35. The molecule has 2 aromatic rings. The van der Waals surface area contributed by atoms with Crippen LogP contribution in [-0.4, -0.2) is 54.9 Å². The first-order chi connectivity index (χ1) is 16.3. The first-order valence-corrected chi connectivity index (χ1v) is 11.9. The van der Waals surface area contributed by atoms with Crippen molar-refractivity contribution < 1.29 is 19.1 Å². The number of rotatable bonds is 8. The number of hydrogen-bond donors (Lipinski definition) is 2. The summed E-state index contributed by atoms with van der Waals surface area (Å²) in [5.41, 5.74) is 1.10. The van der Waals surface area contributed by atoms with Crippen molar-refractivity contribution in [3.8, 4) is 5.75 Å². The third kappa shape index (κ3) is 6.37. The van der Waals surface area contributed by atoms with Gasteiger partial charge in [0.05, 0.1) is 7.11 Å². The summed E-state index contributed by atoms with van der Waals surface area (Å²) in [6, 6.07) is 15.3. The van der Waals surface area contributed by atoms with Crippen molar-refractivity contribution in [3.63, 3.8) is 0 Å². The maximum Gasteiger partial charge on any atom is 0.253 e. The minimum atomic E-state index is -0.664. The lowest BCUT2D eigenvalue weighted by atomic mass is 9.87. The molecule has 0 aromatic heterocycles. The van der Waals surface area contributed by atoms with Gasteiger partial charge in [0.1, 0.15) is 11.8 Å². The Morgan fingerprint density at radius 1 is 0.912 bits per heavy atom. The Kier molecular flexibility index (Phi) is 8.68. The summed E-state index contributed by atoms with van der Waals surface area (Å²) in [7, 11) is 1.57. The number of methoxy groups -OCH3 is 1. The van der Waals surface area contributed by atoms with Gasteiger partial charge < -0.3 is 20.3 Å². The second-order valence-electron chi connectivity index (χ2n) is 9.22. The molecule has 182 valence electrons. The maximum atomic E-state index is 13.2. The molecule has 1 heterocycles. The molecule has 1 aliphatic rings. The van der Waals surface area contributed by atoms with Crippen LogP contribution in [0.3, 0.4) is 0 Å². The van der Waals surface area contributed by atoms with E-state index in [4.69, 9.17) is 4.74 Å². The van der Waals surface area contributed by atoms with Crippen LogP contribution < -0.4 is 15.4 Å². The number of likely N-dealkylation sites (tertiary alicyclic amines) is 1. The minimum absolute atomic E-state index is 0.0154. The largest absolute Gasteiger partial charge is 0.497 e. The van der Waals surface area contributed by atoms with Crippen LogP contribution in [-0.2, 0) is 4.79 Å². The summed E-state index contributed by atoms with van der Waals surface area (Å²) in [6.07, 6.45) is 1.25. The predicted molar refractivity (Wildman–Crippen MR) is 132 cm³/mol. The standard InChI is InChI=1S/C27H35N3O4/c1-18(2)19(3)28-26(32)24(29-25(31)21-9-6-5-7-10-21)20-13-15-30(16-14-20)27(33)22-11-8-12-23(17-22)34-4/h5-12,17-20,24H,13-16H2,1-4H3,(H,28,32)(H,29,31)/t19-,24-/m0/s1. The van der Waals surface area contributed by atoms with Crippen LogP contribution in [0.1, 0.15) is 54.3 Å². The van der Waals surface area contributed by atoms with Crippen LogP contribution in [0.5, 0.6) is 5.75 Å². The zero-order chi connectivity index (χ0) is 24.7. The van der Waals surface area contributed by atoms with Crippen LogP contribution in [0.15, 0.2) is 54.6 Å². The Balaban J connectivity index is 1.70. The van der Waals surface area contributed by atoms with E-state index in [9.17, 15) is 14.4 Å². The van der Waals surface area contributed by atoms with Gasteiger partial charge in [-0.2, -0.15) is 0 Å². The van der Waals surface area contributed by atoms with Crippen LogP contribution in [0.25, 0.3) is 0 Å². The highest BCUT2D eigenvalue weighted by molar-refractivity contribution is 5.98. The van der Waals surface area contributed by atoms with Crippen molar-refractivity contribution in [2.45, 2.75) is 45.7 Å². The van der Waals surface area contributed by atoms with Gasteiger partial charge in [0.15, 0.2) is 0 Å². The molecule has 0 radical (unpaired) electrons. The van der Waals surface area contributed by atoms with Crippen molar-refractivity contribution in [2.75, 3.05) is 20.2 Å². The molecule has 0 spiro atoms. The molecule has 2 N–H and O–H groups in total. The Bertz CT molecular complexity index is 984. The monoisotopic (exact) mass is 465 g/mol. The number of carbonyl (C=O) groups is 3. The molecular formula is C27H35N3O4. The zero-order valence-corrected chi connectivity index (χ0v) is 20.4. The fourth-order valence-corrected chi connectivity index (χ4v) is 4.07. The first kappa shape index (κ1) is 25.3. The van der Waals surface area contributed by atoms with Gasteiger partial charge in [-0.05, 0) is 61.9 Å². The molecule has 3 rings (SSSR count). The third-order valence-corrected chi connectivity index (χ3v) is 6.59. The lowest BCUT2D eigenvalue weighted by Crippen LogP contribution is -2.55. The maximum absolute atomic E-state index is 13.2. The van der Waals surface area contributed by atoms with Gasteiger partial charge in [0, 0.05) is 30.3 Å². The number of carbonyl (C=O) groups excluding carboxylic acids is 3. The van der Waals surface area contributed by atoms with Crippen molar-refractivity contribution in [1.82, 2.24) is 15.5 Å². The summed E-state index contributed by atoms with van der Waals surface area (Å²) < 4.78 is 5.23. The summed E-state index contributed by atoms with van der Waals surface area (Å²) in [6.45, 7) is 7.10. The SMILES string of the molecule is COc1cccc(C(=O)N2CCC([C@H](NC(=O)c3ccccc3)C(=O)N[C@@H](C)C(C)C)CC2)c1. The van der Waals surface area contributed by atoms with Crippen molar-refractivity contribution in [1.29, 1.82) is 0 Å². The molecular weight excluding hydrogens is 430 g/mol. The molecule has 1 fully saturated rings. The van der Waals surface area contributed by atoms with Crippen LogP contribution >= 0.6 is 0 Å². The minimum Gasteiger partial charge on any atom is -0.497 e.